The fourth-order valence-electron chi connectivity index (χ4n) is 2.26. The highest BCUT2D eigenvalue weighted by molar-refractivity contribution is 9.10. The summed E-state index contributed by atoms with van der Waals surface area (Å²) >= 11 is 6.87. The molecule has 2 nitrogen and oxygen atoms in total. The van der Waals surface area contributed by atoms with Gasteiger partial charge in [0.15, 0.2) is 5.78 Å². The minimum Gasteiger partial charge on any atom is -0.457 e. The molecule has 110 valence electrons. The van der Waals surface area contributed by atoms with Gasteiger partial charge in [-0.05, 0) is 60.2 Å². The Morgan fingerprint density at radius 1 is 0.864 bits per heavy atom. The van der Waals surface area contributed by atoms with Crippen LogP contribution in [0.2, 0.25) is 0 Å². The van der Waals surface area contributed by atoms with E-state index >= 15 is 0 Å². The summed E-state index contributed by atoms with van der Waals surface area (Å²) in [6, 6.07) is 17.3. The van der Waals surface area contributed by atoms with Crippen LogP contribution in [0.5, 0.6) is 11.5 Å². The van der Waals surface area contributed by atoms with E-state index in [4.69, 9.17) is 4.74 Å². The van der Waals surface area contributed by atoms with E-state index in [2.05, 4.69) is 37.9 Å². The molecule has 0 aliphatic heterocycles. The third kappa shape index (κ3) is 3.23. The van der Waals surface area contributed by atoms with Crippen molar-refractivity contribution in [2.75, 3.05) is 0 Å². The number of ketones is 1. The van der Waals surface area contributed by atoms with Crippen LogP contribution in [0.4, 0.5) is 0 Å². The van der Waals surface area contributed by atoms with Crippen molar-refractivity contribution in [3.8, 4) is 11.5 Å². The van der Waals surface area contributed by atoms with Crippen molar-refractivity contribution in [1.82, 2.24) is 0 Å². The molecule has 22 heavy (non-hydrogen) atoms. The third-order valence-electron chi connectivity index (χ3n) is 3.32. The molecule has 0 bridgehead atoms. The number of carbonyl (C=O) groups excluding carboxylic acids is 1. The van der Waals surface area contributed by atoms with Gasteiger partial charge in [0.25, 0.3) is 0 Å². The molecule has 3 aromatic rings. The zero-order chi connectivity index (χ0) is 15.7. The van der Waals surface area contributed by atoms with E-state index in [-0.39, 0.29) is 5.78 Å². The normalized spacial score (nSPS) is 10.7. The largest absolute Gasteiger partial charge is 0.457 e. The minimum atomic E-state index is -0.0211. The van der Waals surface area contributed by atoms with Crippen LogP contribution in [0.15, 0.2) is 63.5 Å². The Morgan fingerprint density at radius 3 is 2.27 bits per heavy atom. The van der Waals surface area contributed by atoms with E-state index in [1.165, 1.54) is 6.92 Å². The van der Waals surface area contributed by atoms with Gasteiger partial charge < -0.3 is 4.74 Å². The van der Waals surface area contributed by atoms with Gasteiger partial charge in [-0.25, -0.2) is 0 Å². The first-order chi connectivity index (χ1) is 10.5. The lowest BCUT2D eigenvalue weighted by molar-refractivity contribution is 0.101. The average molecular weight is 420 g/mol. The summed E-state index contributed by atoms with van der Waals surface area (Å²) < 4.78 is 7.84. The lowest BCUT2D eigenvalue weighted by atomic mass is 10.1. The molecule has 0 fully saturated rings. The summed E-state index contributed by atoms with van der Waals surface area (Å²) in [4.78, 5) is 11.7. The van der Waals surface area contributed by atoms with E-state index in [9.17, 15) is 4.79 Å². The van der Waals surface area contributed by atoms with Crippen LogP contribution in [-0.2, 0) is 0 Å². The summed E-state index contributed by atoms with van der Waals surface area (Å²) in [5.41, 5.74) is 0.569. The Bertz CT molecular complexity index is 872. The topological polar surface area (TPSA) is 26.3 Å². The number of hydrogen-bond acceptors (Lipinski definition) is 2. The maximum absolute atomic E-state index is 11.7. The number of fused-ring (bicyclic) bond motifs is 1. The molecule has 0 spiro atoms. The first-order valence-corrected chi connectivity index (χ1v) is 8.29. The number of carbonyl (C=O) groups is 1. The maximum Gasteiger partial charge on any atom is 0.163 e. The first-order valence-electron chi connectivity index (χ1n) is 6.70. The highest BCUT2D eigenvalue weighted by Gasteiger charge is 2.10. The van der Waals surface area contributed by atoms with Gasteiger partial charge >= 0.3 is 0 Å². The lowest BCUT2D eigenvalue weighted by Gasteiger charge is -2.11. The number of rotatable bonds is 3. The number of benzene rings is 3. The Kier molecular flexibility index (Phi) is 4.32. The molecular formula is C18H12Br2O2. The van der Waals surface area contributed by atoms with Gasteiger partial charge in [-0.15, -0.1) is 0 Å². The van der Waals surface area contributed by atoms with Crippen LogP contribution in [0.3, 0.4) is 0 Å². The fraction of sp³-hybridized carbons (Fsp3) is 0.0556. The zero-order valence-corrected chi connectivity index (χ0v) is 14.9. The minimum absolute atomic E-state index is 0.0211. The molecule has 0 N–H and O–H groups in total. The molecule has 0 aliphatic carbocycles. The number of ether oxygens (including phenoxy) is 1. The number of halogens is 2. The monoisotopic (exact) mass is 418 g/mol. The van der Waals surface area contributed by atoms with E-state index in [0.717, 1.165) is 19.7 Å². The Balaban J connectivity index is 2.01. The fourth-order valence-corrected chi connectivity index (χ4v) is 2.98. The van der Waals surface area contributed by atoms with Crippen LogP contribution in [0, 0.1) is 0 Å². The maximum atomic E-state index is 11.7. The second-order valence-electron chi connectivity index (χ2n) is 4.95. The summed E-state index contributed by atoms with van der Waals surface area (Å²) in [6.07, 6.45) is 0. The second kappa shape index (κ2) is 6.23. The molecule has 0 atom stereocenters. The Labute approximate surface area is 145 Å². The molecule has 0 heterocycles. The summed E-state index contributed by atoms with van der Waals surface area (Å²) in [7, 11) is 0. The molecule has 0 saturated carbocycles. The van der Waals surface area contributed by atoms with E-state index in [1.54, 1.807) is 6.07 Å². The number of hydrogen-bond donors (Lipinski definition) is 0. The SMILES string of the molecule is CC(=O)c1ccc(Br)cc1Oc1ccc2cc(Br)ccc2c1. The predicted octanol–water partition coefficient (Wildman–Crippen LogP) is 6.36. The van der Waals surface area contributed by atoms with Gasteiger partial charge in [-0.1, -0.05) is 44.0 Å². The standard InChI is InChI=1S/C18H12Br2O2/c1-11(21)17-7-5-15(20)10-18(17)22-16-6-3-12-8-14(19)4-2-13(12)9-16/h2-10H,1H3. The van der Waals surface area contributed by atoms with Gasteiger partial charge in [0.2, 0.25) is 0 Å². The molecule has 0 aromatic heterocycles. The summed E-state index contributed by atoms with van der Waals surface area (Å²) in [5.74, 6) is 1.24. The molecule has 0 aliphatic rings. The second-order valence-corrected chi connectivity index (χ2v) is 6.78. The molecular weight excluding hydrogens is 408 g/mol. The molecule has 0 unspecified atom stereocenters. The number of Topliss-reactive ketones (excluding diaryl/α,β-unsaturated/α-hetero) is 1. The lowest BCUT2D eigenvalue weighted by Crippen LogP contribution is -1.97. The predicted molar refractivity (Wildman–Crippen MR) is 95.9 cm³/mol. The van der Waals surface area contributed by atoms with Crippen molar-refractivity contribution in [3.63, 3.8) is 0 Å². The third-order valence-corrected chi connectivity index (χ3v) is 4.31. The van der Waals surface area contributed by atoms with Crippen molar-refractivity contribution < 1.29 is 9.53 Å². The van der Waals surface area contributed by atoms with Crippen LogP contribution in [0.25, 0.3) is 10.8 Å². The highest BCUT2D eigenvalue weighted by atomic mass is 79.9. The van der Waals surface area contributed by atoms with E-state index in [0.29, 0.717) is 17.1 Å². The van der Waals surface area contributed by atoms with Crippen LogP contribution >= 0.6 is 31.9 Å². The smallest absolute Gasteiger partial charge is 0.163 e. The van der Waals surface area contributed by atoms with Crippen molar-refractivity contribution in [1.29, 1.82) is 0 Å². The molecule has 3 rings (SSSR count). The summed E-state index contributed by atoms with van der Waals surface area (Å²) in [5, 5.41) is 2.21. The van der Waals surface area contributed by atoms with Crippen molar-refractivity contribution in [3.05, 3.63) is 69.1 Å². The van der Waals surface area contributed by atoms with Gasteiger partial charge in [-0.2, -0.15) is 0 Å². The van der Waals surface area contributed by atoms with Crippen LogP contribution in [0.1, 0.15) is 17.3 Å². The molecule has 3 aromatic carbocycles. The van der Waals surface area contributed by atoms with Crippen molar-refractivity contribution in [2.45, 2.75) is 6.92 Å². The van der Waals surface area contributed by atoms with E-state index in [1.807, 2.05) is 42.5 Å². The Morgan fingerprint density at radius 2 is 1.50 bits per heavy atom. The van der Waals surface area contributed by atoms with Gasteiger partial charge in [0, 0.05) is 8.95 Å². The quantitative estimate of drug-likeness (QED) is 0.461. The van der Waals surface area contributed by atoms with E-state index < -0.39 is 0 Å². The first kappa shape index (κ1) is 15.3. The van der Waals surface area contributed by atoms with Gasteiger partial charge in [-0.3, -0.25) is 4.79 Å². The molecule has 0 amide bonds. The van der Waals surface area contributed by atoms with Gasteiger partial charge in [0.1, 0.15) is 11.5 Å². The average Bonchev–Trinajstić information content (AvgIpc) is 2.47. The van der Waals surface area contributed by atoms with Crippen molar-refractivity contribution >= 4 is 48.4 Å². The van der Waals surface area contributed by atoms with Crippen LogP contribution in [-0.4, -0.2) is 5.78 Å². The molecule has 0 saturated heterocycles. The highest BCUT2D eigenvalue weighted by Crippen LogP contribution is 2.31. The zero-order valence-electron chi connectivity index (χ0n) is 11.8. The van der Waals surface area contributed by atoms with Crippen LogP contribution < -0.4 is 4.74 Å². The molecule has 4 heteroatoms. The van der Waals surface area contributed by atoms with Crippen molar-refractivity contribution in [2.24, 2.45) is 0 Å². The van der Waals surface area contributed by atoms with Gasteiger partial charge in [0.05, 0.1) is 5.56 Å². The Hall–Kier alpha value is -1.65. The molecule has 0 radical (unpaired) electrons. The summed E-state index contributed by atoms with van der Waals surface area (Å²) in [6.45, 7) is 1.54.